The molecule has 5 aliphatic rings. The van der Waals surface area contributed by atoms with E-state index in [1.165, 1.54) is 36.8 Å². The molecule has 6 rings (SSSR count). The van der Waals surface area contributed by atoms with Crippen LogP contribution in [0.25, 0.3) is 5.57 Å². The van der Waals surface area contributed by atoms with E-state index in [1.54, 1.807) is 5.57 Å². The Balaban J connectivity index is 1.18. The minimum atomic E-state index is -0.0297. The number of carbonyl (C=O) groups excluding carboxylic acids is 1. The summed E-state index contributed by atoms with van der Waals surface area (Å²) in [6.07, 6.45) is 19.2. The third kappa shape index (κ3) is 3.43. The number of aromatic nitrogens is 1. The number of pyridine rings is 1. The number of allylic oxidation sites excluding steroid dienone is 3. The molecule has 34 heavy (non-hydrogen) atoms. The van der Waals surface area contributed by atoms with Gasteiger partial charge in [-0.05, 0) is 111 Å². The SMILES string of the molecule is CN1CCC[C@H]1C(=O)O[C@H]1CC[C@@]2(C)C(=CC[C@@H]3[C@@H]2CC[C@]2(C)C(c4cccnc4)=CC[C@@H]32)C1. The molecule has 1 aromatic heterocycles. The molecule has 0 aromatic carbocycles. The summed E-state index contributed by atoms with van der Waals surface area (Å²) < 4.78 is 6.09. The molecular weight excluding hydrogens is 420 g/mol. The molecule has 4 heteroatoms. The van der Waals surface area contributed by atoms with Crippen LogP contribution in [-0.2, 0) is 9.53 Å². The molecule has 4 aliphatic carbocycles. The molecule has 1 aliphatic heterocycles. The Hall–Kier alpha value is -1.94. The van der Waals surface area contributed by atoms with Gasteiger partial charge in [0.25, 0.3) is 0 Å². The number of ether oxygens (including phenoxy) is 1. The van der Waals surface area contributed by atoms with Gasteiger partial charge in [0.1, 0.15) is 12.1 Å². The number of hydrogen-bond acceptors (Lipinski definition) is 4. The van der Waals surface area contributed by atoms with Crippen molar-refractivity contribution in [3.8, 4) is 0 Å². The first-order valence-corrected chi connectivity index (χ1v) is 13.6. The molecule has 1 saturated heterocycles. The number of fused-ring (bicyclic) bond motifs is 5. The predicted octanol–water partition coefficient (Wildman–Crippen LogP) is 6.04. The second kappa shape index (κ2) is 8.33. The van der Waals surface area contributed by atoms with E-state index in [9.17, 15) is 4.79 Å². The lowest BCUT2D eigenvalue weighted by molar-refractivity contribution is -0.156. The third-order valence-corrected chi connectivity index (χ3v) is 10.7. The van der Waals surface area contributed by atoms with Gasteiger partial charge in [-0.3, -0.25) is 14.7 Å². The Morgan fingerprint density at radius 2 is 1.94 bits per heavy atom. The summed E-state index contributed by atoms with van der Waals surface area (Å²) in [7, 11) is 2.05. The first kappa shape index (κ1) is 22.5. The number of carbonyl (C=O) groups is 1. The fraction of sp³-hybridized carbons (Fsp3) is 0.667. The van der Waals surface area contributed by atoms with Crippen LogP contribution < -0.4 is 0 Å². The fourth-order valence-corrected chi connectivity index (χ4v) is 8.72. The molecular formula is C30H40N2O2. The Morgan fingerprint density at radius 1 is 1.09 bits per heavy atom. The number of nitrogens with zero attached hydrogens (tertiary/aromatic N) is 2. The molecule has 7 atom stereocenters. The average molecular weight is 461 g/mol. The van der Waals surface area contributed by atoms with Crippen LogP contribution in [0.3, 0.4) is 0 Å². The first-order valence-electron chi connectivity index (χ1n) is 13.6. The second-order valence-corrected chi connectivity index (χ2v) is 12.3. The van der Waals surface area contributed by atoms with E-state index in [1.807, 2.05) is 6.20 Å². The van der Waals surface area contributed by atoms with Crippen molar-refractivity contribution in [3.63, 3.8) is 0 Å². The summed E-state index contributed by atoms with van der Waals surface area (Å²) in [6.45, 7) is 6.07. The van der Waals surface area contributed by atoms with E-state index in [2.05, 4.69) is 61.3 Å². The number of hydrogen-bond donors (Lipinski definition) is 0. The van der Waals surface area contributed by atoms with Gasteiger partial charge in [0.15, 0.2) is 0 Å². The topological polar surface area (TPSA) is 42.4 Å². The molecule has 0 amide bonds. The summed E-state index contributed by atoms with van der Waals surface area (Å²) in [6, 6.07) is 4.29. The maximum absolute atomic E-state index is 12.8. The molecule has 1 aromatic rings. The van der Waals surface area contributed by atoms with Crippen LogP contribution in [0.1, 0.15) is 77.2 Å². The molecule has 0 spiro atoms. The van der Waals surface area contributed by atoms with E-state index in [0.29, 0.717) is 0 Å². The highest BCUT2D eigenvalue weighted by molar-refractivity contribution is 5.76. The highest BCUT2D eigenvalue weighted by atomic mass is 16.5. The lowest BCUT2D eigenvalue weighted by Crippen LogP contribution is -2.50. The van der Waals surface area contributed by atoms with Crippen molar-refractivity contribution in [2.45, 2.75) is 83.8 Å². The van der Waals surface area contributed by atoms with Crippen molar-refractivity contribution in [2.75, 3.05) is 13.6 Å². The van der Waals surface area contributed by atoms with Crippen molar-refractivity contribution in [1.82, 2.24) is 9.88 Å². The maximum atomic E-state index is 12.8. The lowest BCUT2D eigenvalue weighted by atomic mass is 9.47. The molecule has 2 saturated carbocycles. The molecule has 4 nitrogen and oxygen atoms in total. The van der Waals surface area contributed by atoms with Crippen LogP contribution in [-0.4, -0.2) is 41.6 Å². The lowest BCUT2D eigenvalue weighted by Gasteiger charge is -2.58. The van der Waals surface area contributed by atoms with Crippen molar-refractivity contribution < 1.29 is 9.53 Å². The summed E-state index contributed by atoms with van der Waals surface area (Å²) in [5.74, 6) is 2.25. The maximum Gasteiger partial charge on any atom is 0.323 e. The Morgan fingerprint density at radius 3 is 2.71 bits per heavy atom. The van der Waals surface area contributed by atoms with Gasteiger partial charge in [0.2, 0.25) is 0 Å². The zero-order chi connectivity index (χ0) is 23.5. The summed E-state index contributed by atoms with van der Waals surface area (Å²) in [4.78, 5) is 19.4. The third-order valence-electron chi connectivity index (χ3n) is 10.7. The normalized spacial score (nSPS) is 41.7. The molecule has 0 N–H and O–H groups in total. The van der Waals surface area contributed by atoms with Crippen molar-refractivity contribution >= 4 is 11.5 Å². The van der Waals surface area contributed by atoms with Gasteiger partial charge in [0, 0.05) is 18.8 Å². The molecule has 0 radical (unpaired) electrons. The van der Waals surface area contributed by atoms with Gasteiger partial charge in [0.05, 0.1) is 0 Å². The molecule has 0 unspecified atom stereocenters. The molecule has 3 fully saturated rings. The fourth-order valence-electron chi connectivity index (χ4n) is 8.72. The number of likely N-dealkylation sites (tertiary alicyclic amines) is 1. The minimum Gasteiger partial charge on any atom is -0.461 e. The average Bonchev–Trinajstić information content (AvgIpc) is 3.42. The van der Waals surface area contributed by atoms with Crippen LogP contribution in [0, 0.1) is 28.6 Å². The van der Waals surface area contributed by atoms with Crippen LogP contribution in [0.5, 0.6) is 0 Å². The summed E-state index contributed by atoms with van der Waals surface area (Å²) in [5, 5.41) is 0. The van der Waals surface area contributed by atoms with Gasteiger partial charge in [-0.1, -0.05) is 37.6 Å². The Bertz CT molecular complexity index is 1020. The van der Waals surface area contributed by atoms with E-state index in [4.69, 9.17) is 4.74 Å². The number of rotatable bonds is 3. The second-order valence-electron chi connectivity index (χ2n) is 12.3. The van der Waals surface area contributed by atoms with E-state index in [0.717, 1.165) is 56.4 Å². The van der Waals surface area contributed by atoms with Gasteiger partial charge in [-0.15, -0.1) is 0 Å². The zero-order valence-electron chi connectivity index (χ0n) is 21.1. The zero-order valence-corrected chi connectivity index (χ0v) is 21.1. The standard InChI is InChI=1S/C30H40N2O2/c1-29-14-12-22(34-28(33)27-7-5-17-32(27)3)18-21(29)8-9-23-25-11-10-24(20-6-4-16-31-19-20)30(25,2)15-13-26(23)29/h4,6,8,10,16,19,22-23,25-27H,5,7,9,11-15,17-18H2,1-3H3/t22-,23-,25-,26-,27-,29-,30+/m0/s1. The monoisotopic (exact) mass is 460 g/mol. The summed E-state index contributed by atoms with van der Waals surface area (Å²) in [5.41, 5.74) is 4.98. The molecule has 182 valence electrons. The smallest absolute Gasteiger partial charge is 0.323 e. The molecule has 2 heterocycles. The van der Waals surface area contributed by atoms with Crippen LogP contribution in [0.4, 0.5) is 0 Å². The highest BCUT2D eigenvalue weighted by Crippen LogP contribution is 2.66. The first-order chi connectivity index (χ1) is 16.4. The van der Waals surface area contributed by atoms with Gasteiger partial charge >= 0.3 is 5.97 Å². The van der Waals surface area contributed by atoms with Crippen LogP contribution >= 0.6 is 0 Å². The van der Waals surface area contributed by atoms with Crippen molar-refractivity contribution in [1.29, 1.82) is 0 Å². The van der Waals surface area contributed by atoms with E-state index < -0.39 is 0 Å². The quantitative estimate of drug-likeness (QED) is 0.407. The van der Waals surface area contributed by atoms with Gasteiger partial charge in [-0.25, -0.2) is 0 Å². The minimum absolute atomic E-state index is 0.0104. The van der Waals surface area contributed by atoms with Gasteiger partial charge in [-0.2, -0.15) is 0 Å². The largest absolute Gasteiger partial charge is 0.461 e. The van der Waals surface area contributed by atoms with Crippen LogP contribution in [0.2, 0.25) is 0 Å². The molecule has 0 bridgehead atoms. The van der Waals surface area contributed by atoms with E-state index in [-0.39, 0.29) is 28.9 Å². The van der Waals surface area contributed by atoms with Gasteiger partial charge < -0.3 is 4.74 Å². The van der Waals surface area contributed by atoms with E-state index >= 15 is 0 Å². The van der Waals surface area contributed by atoms with Crippen molar-refractivity contribution in [2.24, 2.45) is 28.6 Å². The highest BCUT2D eigenvalue weighted by Gasteiger charge is 2.57. The Kier molecular flexibility index (Phi) is 5.51. The summed E-state index contributed by atoms with van der Waals surface area (Å²) >= 11 is 0. The van der Waals surface area contributed by atoms with Crippen molar-refractivity contribution in [3.05, 3.63) is 47.8 Å². The predicted molar refractivity (Wildman–Crippen MR) is 135 cm³/mol. The van der Waals surface area contributed by atoms with Crippen LogP contribution in [0.15, 0.2) is 42.3 Å². The Labute approximate surface area is 204 Å². The number of esters is 1. The number of likely N-dealkylation sites (N-methyl/N-ethyl adjacent to an activating group) is 1.